The van der Waals surface area contributed by atoms with E-state index < -0.39 is 11.6 Å². The van der Waals surface area contributed by atoms with Crippen LogP contribution < -0.4 is 4.74 Å². The molecule has 1 heterocycles. The largest absolute Gasteiger partial charge is 0.490 e. The van der Waals surface area contributed by atoms with Gasteiger partial charge in [-0.15, -0.1) is 0 Å². The topological polar surface area (TPSA) is 27.7 Å². The van der Waals surface area contributed by atoms with Crippen molar-refractivity contribution in [2.75, 3.05) is 19.8 Å². The predicted molar refractivity (Wildman–Crippen MR) is 145 cm³/mol. The van der Waals surface area contributed by atoms with Gasteiger partial charge in [0.2, 0.25) is 5.82 Å². The third-order valence-electron chi connectivity index (χ3n) is 7.01. The molecule has 0 N–H and O–H groups in total. The molecule has 6 heteroatoms. The number of benzene rings is 3. The fourth-order valence-electron chi connectivity index (χ4n) is 4.74. The summed E-state index contributed by atoms with van der Waals surface area (Å²) >= 11 is 0. The zero-order chi connectivity index (χ0) is 26.9. The molecule has 0 aliphatic carbocycles. The lowest BCUT2D eigenvalue weighted by Gasteiger charge is -2.29. The van der Waals surface area contributed by atoms with Crippen molar-refractivity contribution in [1.82, 2.24) is 0 Å². The van der Waals surface area contributed by atoms with E-state index in [2.05, 4.69) is 13.8 Å². The Labute approximate surface area is 223 Å². The average Bonchev–Trinajstić information content (AvgIpc) is 2.94. The zero-order valence-corrected chi connectivity index (χ0v) is 22.3. The van der Waals surface area contributed by atoms with Crippen LogP contribution in [0, 0.1) is 17.5 Å². The standard InChI is InChI=1S/C32H37F3O3/c1-3-5-6-7-8-18-36-29-17-16-27(31(34)32(29)35)23-12-10-22(11-13-23)26-15-14-24(19-28(26)33)25-20-37-30(9-4-2)38-21-25/h10-17,19,25,30H,3-9,18,20-21H2,1-2H3. The predicted octanol–water partition coefficient (Wildman–Crippen LogP) is 9.04. The van der Waals surface area contributed by atoms with E-state index in [1.165, 1.54) is 24.6 Å². The van der Waals surface area contributed by atoms with Crippen molar-refractivity contribution in [3.05, 3.63) is 77.6 Å². The second-order valence-electron chi connectivity index (χ2n) is 9.90. The third-order valence-corrected chi connectivity index (χ3v) is 7.01. The van der Waals surface area contributed by atoms with Gasteiger partial charge in [0.15, 0.2) is 17.9 Å². The van der Waals surface area contributed by atoms with Gasteiger partial charge in [-0.2, -0.15) is 4.39 Å². The van der Waals surface area contributed by atoms with Crippen LogP contribution in [0.3, 0.4) is 0 Å². The van der Waals surface area contributed by atoms with Gasteiger partial charge in [0.25, 0.3) is 0 Å². The highest BCUT2D eigenvalue weighted by Gasteiger charge is 2.24. The van der Waals surface area contributed by atoms with Gasteiger partial charge in [0, 0.05) is 17.0 Å². The van der Waals surface area contributed by atoms with Crippen LogP contribution >= 0.6 is 0 Å². The molecule has 0 amide bonds. The molecule has 38 heavy (non-hydrogen) atoms. The van der Waals surface area contributed by atoms with E-state index in [-0.39, 0.29) is 29.3 Å². The summed E-state index contributed by atoms with van der Waals surface area (Å²) in [4.78, 5) is 0. The molecule has 3 aromatic carbocycles. The van der Waals surface area contributed by atoms with E-state index in [1.807, 2.05) is 6.07 Å². The first-order valence-corrected chi connectivity index (χ1v) is 13.8. The molecule has 1 fully saturated rings. The van der Waals surface area contributed by atoms with Gasteiger partial charge in [-0.3, -0.25) is 0 Å². The molecule has 3 aromatic rings. The Kier molecular flexibility index (Phi) is 10.2. The molecule has 0 saturated carbocycles. The van der Waals surface area contributed by atoms with Crippen LogP contribution in [0.4, 0.5) is 13.2 Å². The second-order valence-corrected chi connectivity index (χ2v) is 9.90. The second kappa shape index (κ2) is 13.8. The van der Waals surface area contributed by atoms with Gasteiger partial charge in [-0.25, -0.2) is 8.78 Å². The highest BCUT2D eigenvalue weighted by Crippen LogP contribution is 2.33. The van der Waals surface area contributed by atoms with Crippen LogP contribution in [0.1, 0.15) is 70.3 Å². The van der Waals surface area contributed by atoms with Crippen LogP contribution in [0.25, 0.3) is 22.3 Å². The van der Waals surface area contributed by atoms with Gasteiger partial charge < -0.3 is 14.2 Å². The molecule has 0 radical (unpaired) electrons. The fourth-order valence-corrected chi connectivity index (χ4v) is 4.74. The summed E-state index contributed by atoms with van der Waals surface area (Å²) in [6.07, 6.45) is 6.90. The number of rotatable bonds is 12. The zero-order valence-electron chi connectivity index (χ0n) is 22.3. The maximum Gasteiger partial charge on any atom is 0.201 e. The Hall–Kier alpha value is -2.83. The summed E-state index contributed by atoms with van der Waals surface area (Å²) in [5.74, 6) is -2.37. The number of hydrogen-bond donors (Lipinski definition) is 0. The van der Waals surface area contributed by atoms with E-state index >= 15 is 4.39 Å². The Bertz CT molecular complexity index is 1170. The molecular formula is C32H37F3O3. The van der Waals surface area contributed by atoms with Gasteiger partial charge in [0.1, 0.15) is 5.82 Å². The van der Waals surface area contributed by atoms with Crippen LogP contribution in [0.2, 0.25) is 0 Å². The first kappa shape index (κ1) is 28.2. The van der Waals surface area contributed by atoms with Crippen molar-refractivity contribution < 1.29 is 27.4 Å². The molecule has 3 nitrogen and oxygen atoms in total. The lowest BCUT2D eigenvalue weighted by Crippen LogP contribution is -2.30. The summed E-state index contributed by atoms with van der Waals surface area (Å²) in [6, 6.07) is 14.9. The Morgan fingerprint density at radius 3 is 2.05 bits per heavy atom. The lowest BCUT2D eigenvalue weighted by atomic mass is 9.95. The highest BCUT2D eigenvalue weighted by molar-refractivity contribution is 5.71. The van der Waals surface area contributed by atoms with Gasteiger partial charge in [-0.1, -0.05) is 82.3 Å². The lowest BCUT2D eigenvalue weighted by molar-refractivity contribution is -0.189. The van der Waals surface area contributed by atoms with Crippen molar-refractivity contribution in [3.63, 3.8) is 0 Å². The van der Waals surface area contributed by atoms with Crippen molar-refractivity contribution in [3.8, 4) is 28.0 Å². The van der Waals surface area contributed by atoms with Crippen LogP contribution in [-0.2, 0) is 9.47 Å². The maximum atomic E-state index is 15.1. The van der Waals surface area contributed by atoms with E-state index in [9.17, 15) is 8.78 Å². The fraction of sp³-hybridized carbons (Fsp3) is 0.438. The molecular weight excluding hydrogens is 489 g/mol. The molecule has 0 spiro atoms. The molecule has 4 rings (SSSR count). The molecule has 0 bridgehead atoms. The number of unbranched alkanes of at least 4 members (excludes halogenated alkanes) is 4. The smallest absolute Gasteiger partial charge is 0.201 e. The Morgan fingerprint density at radius 1 is 0.737 bits per heavy atom. The van der Waals surface area contributed by atoms with E-state index in [0.717, 1.165) is 44.1 Å². The van der Waals surface area contributed by atoms with Crippen molar-refractivity contribution in [2.24, 2.45) is 0 Å². The summed E-state index contributed by atoms with van der Waals surface area (Å²) in [6.45, 7) is 5.59. The van der Waals surface area contributed by atoms with Crippen LogP contribution in [0.5, 0.6) is 5.75 Å². The summed E-state index contributed by atoms with van der Waals surface area (Å²) in [5, 5.41) is 0. The summed E-state index contributed by atoms with van der Waals surface area (Å²) < 4.78 is 61.6. The maximum absolute atomic E-state index is 15.1. The highest BCUT2D eigenvalue weighted by atomic mass is 19.2. The normalized spacial score (nSPS) is 17.5. The monoisotopic (exact) mass is 526 g/mol. The molecule has 1 aliphatic heterocycles. The van der Waals surface area contributed by atoms with Crippen molar-refractivity contribution in [1.29, 1.82) is 0 Å². The van der Waals surface area contributed by atoms with Gasteiger partial charge in [-0.05, 0) is 47.7 Å². The van der Waals surface area contributed by atoms with Crippen LogP contribution in [-0.4, -0.2) is 26.1 Å². The molecule has 0 aromatic heterocycles. The number of ether oxygens (including phenoxy) is 3. The summed E-state index contributed by atoms with van der Waals surface area (Å²) in [5.41, 5.74) is 2.57. The van der Waals surface area contributed by atoms with E-state index in [4.69, 9.17) is 14.2 Å². The Balaban J connectivity index is 1.41. The minimum absolute atomic E-state index is 0.0140. The number of hydrogen-bond acceptors (Lipinski definition) is 3. The van der Waals surface area contributed by atoms with Crippen molar-refractivity contribution >= 4 is 0 Å². The van der Waals surface area contributed by atoms with Crippen LogP contribution in [0.15, 0.2) is 54.6 Å². The summed E-state index contributed by atoms with van der Waals surface area (Å²) in [7, 11) is 0. The Morgan fingerprint density at radius 2 is 1.39 bits per heavy atom. The minimum atomic E-state index is -0.988. The molecule has 1 aliphatic rings. The molecule has 204 valence electrons. The first-order valence-electron chi connectivity index (χ1n) is 13.8. The van der Waals surface area contributed by atoms with E-state index in [1.54, 1.807) is 30.3 Å². The molecule has 0 unspecified atom stereocenters. The molecule has 1 saturated heterocycles. The quantitative estimate of drug-likeness (QED) is 0.220. The third kappa shape index (κ3) is 6.97. The minimum Gasteiger partial charge on any atom is -0.490 e. The number of halogens is 3. The van der Waals surface area contributed by atoms with Gasteiger partial charge >= 0.3 is 0 Å². The SMILES string of the molecule is CCCCCCCOc1ccc(-c2ccc(-c3ccc(C4COC(CCC)OC4)cc3F)cc2)c(F)c1F. The first-order chi connectivity index (χ1) is 18.5. The van der Waals surface area contributed by atoms with Crippen molar-refractivity contribution in [2.45, 2.75) is 71.0 Å². The average molecular weight is 527 g/mol. The molecule has 0 atom stereocenters. The van der Waals surface area contributed by atoms with Gasteiger partial charge in [0.05, 0.1) is 19.8 Å². The van der Waals surface area contributed by atoms with E-state index in [0.29, 0.717) is 36.5 Å².